The van der Waals surface area contributed by atoms with Crippen molar-refractivity contribution in [3.8, 4) is 0 Å². The number of carbonyl (C=O) groups is 4. The van der Waals surface area contributed by atoms with Gasteiger partial charge in [-0.25, -0.2) is 4.79 Å². The van der Waals surface area contributed by atoms with E-state index in [2.05, 4.69) is 27.9 Å². The highest BCUT2D eigenvalue weighted by Gasteiger charge is 2.64. The molecule has 1 saturated heterocycles. The first kappa shape index (κ1) is 38.4. The van der Waals surface area contributed by atoms with Gasteiger partial charge in [0.1, 0.15) is 30.0 Å². The van der Waals surface area contributed by atoms with Gasteiger partial charge in [-0.1, -0.05) is 36.4 Å². The fourth-order valence-electron chi connectivity index (χ4n) is 7.18. The maximum absolute atomic E-state index is 14.5. The number of esters is 2. The normalized spacial score (nSPS) is 23.4. The summed E-state index contributed by atoms with van der Waals surface area (Å²) in [5, 5.41) is 13.0. The summed E-state index contributed by atoms with van der Waals surface area (Å²) in [4.78, 5) is 55.7. The van der Waals surface area contributed by atoms with Gasteiger partial charge in [0, 0.05) is 47.3 Å². The highest BCUT2D eigenvalue weighted by atomic mass is 127. The molecule has 3 fully saturated rings. The molecule has 2 N–H and O–H groups in total. The molecule has 4 aliphatic rings. The zero-order valence-corrected chi connectivity index (χ0v) is 32.4. The number of aliphatic hydroxyl groups excluding tert-OH is 1. The number of aliphatic hydroxyl groups is 1. The lowest BCUT2D eigenvalue weighted by Crippen LogP contribution is -2.53. The Labute approximate surface area is 318 Å². The van der Waals surface area contributed by atoms with Gasteiger partial charge in [0.25, 0.3) is 0 Å². The van der Waals surface area contributed by atoms with E-state index in [-0.39, 0.29) is 37.5 Å². The lowest BCUT2D eigenvalue weighted by atomic mass is 9.90. The number of nitrogens with zero attached hydrogens (tertiary/aromatic N) is 1. The van der Waals surface area contributed by atoms with Crippen molar-refractivity contribution >= 4 is 46.3 Å². The van der Waals surface area contributed by atoms with Crippen LogP contribution in [0, 0.1) is 15.4 Å². The van der Waals surface area contributed by atoms with Gasteiger partial charge in [-0.2, -0.15) is 0 Å². The molecule has 2 saturated carbocycles. The van der Waals surface area contributed by atoms with Crippen LogP contribution in [0.25, 0.3) is 0 Å². The van der Waals surface area contributed by atoms with E-state index < -0.39 is 72.1 Å². The van der Waals surface area contributed by atoms with Gasteiger partial charge in [0.2, 0.25) is 11.8 Å². The Morgan fingerprint density at radius 1 is 1.02 bits per heavy atom. The largest absolute Gasteiger partial charge is 0.460 e. The number of nitrogens with one attached hydrogen (secondary N) is 1. The molecule has 11 nitrogen and oxygen atoms in total. The van der Waals surface area contributed by atoms with Crippen LogP contribution in [-0.2, 0) is 39.8 Å². The van der Waals surface area contributed by atoms with Crippen LogP contribution < -0.4 is 5.32 Å². The average molecular weight is 829 g/mol. The molecular formula is C40H49IN2O9. The fourth-order valence-corrected chi connectivity index (χ4v) is 7.73. The Bertz CT molecular complexity index is 1650. The minimum absolute atomic E-state index is 0.00383. The molecule has 0 radical (unpaired) electrons. The van der Waals surface area contributed by atoms with Gasteiger partial charge < -0.3 is 34.3 Å². The molecule has 0 aromatic heterocycles. The number of fused-ring (bicyclic) bond motifs is 1. The standard InChI is InChI=1S/C40H49IN2O9/c1-39(2,3)51-34(45)18-17-30(23-44)42-36(46)31(19-24-9-6-5-7-10-24)43(4)37(47)26-21-32(49-38(48)25-11-8-12-29(41)20-25)35-33(22-26)50-40(52-35,27-13-14-27)28-15-16-28/h5-12,20,22,27-28,30-33,35,44H,13-19,21,23H2,1-4H3,(H,42,46). The predicted octanol–water partition coefficient (Wildman–Crippen LogP) is 5.12. The van der Waals surface area contributed by atoms with E-state index in [1.165, 1.54) is 4.90 Å². The summed E-state index contributed by atoms with van der Waals surface area (Å²) in [6, 6.07) is 14.8. The highest BCUT2D eigenvalue weighted by Crippen LogP contribution is 2.59. The van der Waals surface area contributed by atoms with Crippen molar-refractivity contribution in [1.82, 2.24) is 10.2 Å². The summed E-state index contributed by atoms with van der Waals surface area (Å²) in [6.07, 6.45) is 4.29. The van der Waals surface area contributed by atoms with Crippen molar-refractivity contribution in [2.24, 2.45) is 11.8 Å². The van der Waals surface area contributed by atoms with Crippen molar-refractivity contribution in [1.29, 1.82) is 0 Å². The fraction of sp³-hybridized carbons (Fsp3) is 0.550. The van der Waals surface area contributed by atoms with E-state index in [4.69, 9.17) is 18.9 Å². The van der Waals surface area contributed by atoms with Crippen LogP contribution >= 0.6 is 22.6 Å². The summed E-state index contributed by atoms with van der Waals surface area (Å²) >= 11 is 2.15. The molecule has 6 rings (SSSR count). The zero-order valence-electron chi connectivity index (χ0n) is 30.2. The van der Waals surface area contributed by atoms with Crippen molar-refractivity contribution < 1.29 is 43.2 Å². The van der Waals surface area contributed by atoms with Crippen LogP contribution in [0.1, 0.15) is 81.6 Å². The number of hydrogen-bond acceptors (Lipinski definition) is 9. The molecule has 2 aromatic rings. The van der Waals surface area contributed by atoms with Crippen LogP contribution in [0.5, 0.6) is 0 Å². The van der Waals surface area contributed by atoms with E-state index in [9.17, 15) is 24.3 Å². The maximum atomic E-state index is 14.5. The lowest BCUT2D eigenvalue weighted by molar-refractivity contribution is -0.209. The lowest BCUT2D eigenvalue weighted by Gasteiger charge is -2.34. The first-order valence-corrected chi connectivity index (χ1v) is 19.3. The number of amides is 2. The molecule has 280 valence electrons. The molecule has 0 spiro atoms. The first-order valence-electron chi connectivity index (χ1n) is 18.2. The van der Waals surface area contributed by atoms with Crippen LogP contribution in [0.2, 0.25) is 0 Å². The Balaban J connectivity index is 1.23. The summed E-state index contributed by atoms with van der Waals surface area (Å²) in [5.41, 5.74) is 0.953. The van der Waals surface area contributed by atoms with Gasteiger partial charge in [0.15, 0.2) is 5.79 Å². The van der Waals surface area contributed by atoms with E-state index in [0.29, 0.717) is 11.1 Å². The van der Waals surface area contributed by atoms with E-state index in [0.717, 1.165) is 34.8 Å². The number of carbonyl (C=O) groups excluding carboxylic acids is 4. The second-order valence-electron chi connectivity index (χ2n) is 15.4. The minimum atomic E-state index is -0.964. The number of rotatable bonds is 14. The number of benzene rings is 2. The monoisotopic (exact) mass is 828 g/mol. The Morgan fingerprint density at radius 3 is 2.33 bits per heavy atom. The first-order chi connectivity index (χ1) is 24.8. The van der Waals surface area contributed by atoms with Crippen molar-refractivity contribution in [3.63, 3.8) is 0 Å². The molecular weight excluding hydrogens is 779 g/mol. The molecule has 12 heteroatoms. The SMILES string of the molecule is CN(C(=O)C1=CC2OC(C3CC3)(C3CC3)OC2C(OC(=O)c2cccc(I)c2)C1)C(Cc1ccccc1)C(=O)NC(CO)CCC(=O)OC(C)(C)C. The third kappa shape index (κ3) is 9.23. The molecule has 3 aliphatic carbocycles. The summed E-state index contributed by atoms with van der Waals surface area (Å²) in [5.74, 6) is -2.04. The smallest absolute Gasteiger partial charge is 0.338 e. The van der Waals surface area contributed by atoms with Crippen molar-refractivity contribution in [2.75, 3.05) is 13.7 Å². The van der Waals surface area contributed by atoms with E-state index in [1.807, 2.05) is 36.4 Å². The summed E-state index contributed by atoms with van der Waals surface area (Å²) < 4.78 is 25.9. The summed E-state index contributed by atoms with van der Waals surface area (Å²) in [6.45, 7) is 4.93. The molecule has 5 atom stereocenters. The van der Waals surface area contributed by atoms with Gasteiger partial charge in [0.05, 0.1) is 18.2 Å². The Kier molecular flexibility index (Phi) is 11.8. The number of likely N-dealkylation sites (N-methyl/N-ethyl adjacent to an activating group) is 1. The van der Waals surface area contributed by atoms with Crippen LogP contribution in [0.4, 0.5) is 0 Å². The van der Waals surface area contributed by atoms with Gasteiger partial charge in [-0.05, 0) is 105 Å². The van der Waals surface area contributed by atoms with Gasteiger partial charge in [-0.15, -0.1) is 0 Å². The Morgan fingerprint density at radius 2 is 1.71 bits per heavy atom. The number of halogens is 1. The minimum Gasteiger partial charge on any atom is -0.460 e. The molecule has 0 bridgehead atoms. The second kappa shape index (κ2) is 16.0. The van der Waals surface area contributed by atoms with Gasteiger partial charge in [-0.3, -0.25) is 14.4 Å². The predicted molar refractivity (Wildman–Crippen MR) is 200 cm³/mol. The third-order valence-electron chi connectivity index (χ3n) is 10.0. The third-order valence-corrected chi connectivity index (χ3v) is 10.7. The topological polar surface area (TPSA) is 141 Å². The summed E-state index contributed by atoms with van der Waals surface area (Å²) in [7, 11) is 1.58. The molecule has 1 heterocycles. The van der Waals surface area contributed by atoms with Crippen LogP contribution in [0.3, 0.4) is 0 Å². The number of hydrogen-bond donors (Lipinski definition) is 2. The second-order valence-corrected chi connectivity index (χ2v) is 16.7. The molecule has 2 amide bonds. The van der Waals surface area contributed by atoms with Crippen LogP contribution in [0.15, 0.2) is 66.2 Å². The molecule has 1 aliphatic heterocycles. The average Bonchev–Trinajstić information content (AvgIpc) is 4.05. The number of ether oxygens (including phenoxy) is 4. The molecule has 52 heavy (non-hydrogen) atoms. The van der Waals surface area contributed by atoms with E-state index >= 15 is 0 Å². The zero-order chi connectivity index (χ0) is 37.2. The quantitative estimate of drug-likeness (QED) is 0.196. The van der Waals surface area contributed by atoms with E-state index in [1.54, 1.807) is 52.1 Å². The molecule has 2 aromatic carbocycles. The maximum Gasteiger partial charge on any atom is 0.338 e. The van der Waals surface area contributed by atoms with Crippen molar-refractivity contribution in [3.05, 3.63) is 80.9 Å². The molecule has 5 unspecified atom stereocenters. The van der Waals surface area contributed by atoms with Crippen molar-refractivity contribution in [2.45, 2.75) is 114 Å². The van der Waals surface area contributed by atoms with Crippen LogP contribution in [-0.4, -0.2) is 89.2 Å². The Hall–Kier alpha value is -3.33. The highest BCUT2D eigenvalue weighted by molar-refractivity contribution is 14.1. The van der Waals surface area contributed by atoms with Gasteiger partial charge >= 0.3 is 11.9 Å².